The summed E-state index contributed by atoms with van der Waals surface area (Å²) >= 11 is 0. The Hall–Kier alpha value is -3.00. The first-order valence-electron chi connectivity index (χ1n) is 9.65. The molecule has 0 radical (unpaired) electrons. The van der Waals surface area contributed by atoms with E-state index in [0.29, 0.717) is 18.8 Å². The van der Waals surface area contributed by atoms with Crippen LogP contribution >= 0.6 is 0 Å². The van der Waals surface area contributed by atoms with Crippen molar-refractivity contribution in [2.45, 2.75) is 25.9 Å². The van der Waals surface area contributed by atoms with Crippen molar-refractivity contribution in [3.63, 3.8) is 0 Å². The van der Waals surface area contributed by atoms with E-state index in [1.54, 1.807) is 6.92 Å². The molecule has 0 amide bonds. The van der Waals surface area contributed by atoms with Gasteiger partial charge < -0.3 is 14.2 Å². The predicted molar refractivity (Wildman–Crippen MR) is 113 cm³/mol. The third-order valence-corrected chi connectivity index (χ3v) is 4.82. The first-order chi connectivity index (χ1) is 14.5. The molecule has 1 aromatic heterocycles. The van der Waals surface area contributed by atoms with Gasteiger partial charge in [0.2, 0.25) is 0 Å². The topological polar surface area (TPSA) is 82.6 Å². The van der Waals surface area contributed by atoms with E-state index in [1.165, 1.54) is 17.9 Å². The normalized spacial score (nSPS) is 11.5. The summed E-state index contributed by atoms with van der Waals surface area (Å²) in [4.78, 5) is 26.7. The molecule has 0 atom stereocenters. The van der Waals surface area contributed by atoms with E-state index in [4.69, 9.17) is 14.2 Å². The van der Waals surface area contributed by atoms with Crippen molar-refractivity contribution in [2.75, 3.05) is 20.3 Å². The van der Waals surface area contributed by atoms with Crippen LogP contribution in [0.25, 0.3) is 0 Å². The standard InChI is InChI=1S/C23H26N2O5/c1-18-13-25(22(27)24-21(18)26)23(28-2,16-29-14-19-9-5-3-6-10-19)17-30-15-20-11-7-4-8-12-20/h3-13H,14-17H2,1-2H3,(H,24,26,27). The van der Waals surface area contributed by atoms with Gasteiger partial charge in [-0.15, -0.1) is 0 Å². The lowest BCUT2D eigenvalue weighted by atomic mass is 10.2. The monoisotopic (exact) mass is 410 g/mol. The summed E-state index contributed by atoms with van der Waals surface area (Å²) in [5.74, 6) is 0. The van der Waals surface area contributed by atoms with Gasteiger partial charge in [0.05, 0.1) is 26.4 Å². The van der Waals surface area contributed by atoms with Gasteiger partial charge in [0.15, 0.2) is 5.72 Å². The number of aromatic nitrogens is 2. The van der Waals surface area contributed by atoms with Crippen molar-refractivity contribution in [3.8, 4) is 0 Å². The smallest absolute Gasteiger partial charge is 0.330 e. The summed E-state index contributed by atoms with van der Waals surface area (Å²) in [5.41, 5.74) is 0.128. The van der Waals surface area contributed by atoms with Crippen LogP contribution in [-0.4, -0.2) is 29.9 Å². The van der Waals surface area contributed by atoms with E-state index in [1.807, 2.05) is 60.7 Å². The Bertz CT molecular complexity index is 999. The Morgan fingerprint density at radius 2 is 1.37 bits per heavy atom. The maximum Gasteiger partial charge on any atom is 0.330 e. The van der Waals surface area contributed by atoms with Crippen LogP contribution in [0.2, 0.25) is 0 Å². The van der Waals surface area contributed by atoms with Gasteiger partial charge in [0.25, 0.3) is 5.56 Å². The van der Waals surface area contributed by atoms with Gasteiger partial charge in [-0.3, -0.25) is 14.3 Å². The zero-order chi connectivity index (χ0) is 21.4. The number of nitrogens with one attached hydrogen (secondary N) is 1. The fourth-order valence-electron chi connectivity index (χ4n) is 3.07. The van der Waals surface area contributed by atoms with Gasteiger partial charge >= 0.3 is 5.69 Å². The number of aryl methyl sites for hydroxylation is 1. The van der Waals surface area contributed by atoms with Crippen LogP contribution in [0.5, 0.6) is 0 Å². The molecule has 1 N–H and O–H groups in total. The quantitative estimate of drug-likeness (QED) is 0.556. The molecule has 3 aromatic rings. The number of H-pyrrole nitrogens is 1. The lowest BCUT2D eigenvalue weighted by Gasteiger charge is -2.33. The second-order valence-electron chi connectivity index (χ2n) is 7.05. The van der Waals surface area contributed by atoms with Crippen LogP contribution in [0.1, 0.15) is 16.7 Å². The van der Waals surface area contributed by atoms with Gasteiger partial charge in [-0.25, -0.2) is 4.79 Å². The second kappa shape index (κ2) is 10.2. The van der Waals surface area contributed by atoms with Crippen molar-refractivity contribution in [2.24, 2.45) is 0 Å². The fraction of sp³-hybridized carbons (Fsp3) is 0.304. The third kappa shape index (κ3) is 5.33. The molecular formula is C23H26N2O5. The SMILES string of the molecule is COC(COCc1ccccc1)(COCc1ccccc1)n1cc(C)c(=O)[nH]c1=O. The maximum atomic E-state index is 12.6. The van der Waals surface area contributed by atoms with Crippen LogP contribution in [0, 0.1) is 6.92 Å². The van der Waals surface area contributed by atoms with Crippen molar-refractivity contribution >= 4 is 0 Å². The molecule has 1 heterocycles. The molecule has 0 fully saturated rings. The molecule has 7 nitrogen and oxygen atoms in total. The highest BCUT2D eigenvalue weighted by molar-refractivity contribution is 5.14. The molecule has 2 aromatic carbocycles. The van der Waals surface area contributed by atoms with Crippen LogP contribution in [0.3, 0.4) is 0 Å². The summed E-state index contributed by atoms with van der Waals surface area (Å²) in [6.07, 6.45) is 1.47. The summed E-state index contributed by atoms with van der Waals surface area (Å²) in [7, 11) is 1.49. The van der Waals surface area contributed by atoms with Crippen LogP contribution in [0.4, 0.5) is 0 Å². The summed E-state index contributed by atoms with van der Waals surface area (Å²) in [5, 5.41) is 0. The Morgan fingerprint density at radius 3 is 1.83 bits per heavy atom. The van der Waals surface area contributed by atoms with E-state index in [2.05, 4.69) is 4.98 Å². The first kappa shape index (κ1) is 21.7. The van der Waals surface area contributed by atoms with Crippen LogP contribution < -0.4 is 11.2 Å². The van der Waals surface area contributed by atoms with Gasteiger partial charge in [-0.1, -0.05) is 60.7 Å². The van der Waals surface area contributed by atoms with Crippen molar-refractivity contribution in [1.82, 2.24) is 9.55 Å². The largest absolute Gasteiger partial charge is 0.372 e. The first-order valence-corrected chi connectivity index (χ1v) is 9.65. The Kier molecular flexibility index (Phi) is 7.35. The number of benzene rings is 2. The van der Waals surface area contributed by atoms with E-state index in [9.17, 15) is 9.59 Å². The predicted octanol–water partition coefficient (Wildman–Crippen LogP) is 2.58. The number of methoxy groups -OCH3 is 1. The van der Waals surface area contributed by atoms with Crippen molar-refractivity contribution < 1.29 is 14.2 Å². The highest BCUT2D eigenvalue weighted by atomic mass is 16.6. The maximum absolute atomic E-state index is 12.6. The zero-order valence-electron chi connectivity index (χ0n) is 17.2. The summed E-state index contributed by atoms with van der Waals surface area (Å²) in [6.45, 7) is 2.44. The van der Waals surface area contributed by atoms with Crippen molar-refractivity contribution in [1.29, 1.82) is 0 Å². The lowest BCUT2D eigenvalue weighted by molar-refractivity contribution is -0.176. The molecule has 7 heteroatoms. The minimum atomic E-state index is -1.24. The van der Waals surface area contributed by atoms with E-state index >= 15 is 0 Å². The molecule has 30 heavy (non-hydrogen) atoms. The number of hydrogen-bond donors (Lipinski definition) is 1. The number of nitrogens with zero attached hydrogens (tertiary/aromatic N) is 1. The van der Waals surface area contributed by atoms with Gasteiger partial charge in [0, 0.05) is 18.9 Å². The molecule has 0 saturated carbocycles. The molecule has 0 bridgehead atoms. The average Bonchev–Trinajstić information content (AvgIpc) is 2.77. The lowest BCUT2D eigenvalue weighted by Crippen LogP contribution is -2.51. The zero-order valence-corrected chi connectivity index (χ0v) is 17.2. The third-order valence-electron chi connectivity index (χ3n) is 4.82. The van der Waals surface area contributed by atoms with Gasteiger partial charge in [0.1, 0.15) is 0 Å². The summed E-state index contributed by atoms with van der Waals surface area (Å²) in [6, 6.07) is 19.4. The number of rotatable bonds is 10. The number of aromatic amines is 1. The van der Waals surface area contributed by atoms with Gasteiger partial charge in [-0.2, -0.15) is 0 Å². The van der Waals surface area contributed by atoms with E-state index in [0.717, 1.165) is 11.1 Å². The Balaban J connectivity index is 1.82. The number of hydrogen-bond acceptors (Lipinski definition) is 5. The molecule has 158 valence electrons. The highest BCUT2D eigenvalue weighted by Gasteiger charge is 2.35. The van der Waals surface area contributed by atoms with E-state index < -0.39 is 17.0 Å². The highest BCUT2D eigenvalue weighted by Crippen LogP contribution is 2.19. The summed E-state index contributed by atoms with van der Waals surface area (Å²) < 4.78 is 18.9. The Morgan fingerprint density at radius 1 is 0.867 bits per heavy atom. The molecule has 0 spiro atoms. The minimum Gasteiger partial charge on any atom is -0.372 e. The molecule has 0 aliphatic carbocycles. The minimum absolute atomic E-state index is 0.0541. The molecule has 3 rings (SSSR count). The molecule has 0 aliphatic rings. The number of ether oxygens (including phenoxy) is 3. The average molecular weight is 410 g/mol. The van der Waals surface area contributed by atoms with Crippen LogP contribution in [0.15, 0.2) is 76.4 Å². The second-order valence-corrected chi connectivity index (χ2v) is 7.05. The van der Waals surface area contributed by atoms with Crippen molar-refractivity contribution in [3.05, 3.63) is 104 Å². The van der Waals surface area contributed by atoms with E-state index in [-0.39, 0.29) is 13.2 Å². The molecule has 0 unspecified atom stereocenters. The molecule has 0 aliphatic heterocycles. The molecule has 0 saturated heterocycles. The molecular weight excluding hydrogens is 384 g/mol. The van der Waals surface area contributed by atoms with Crippen LogP contribution in [-0.2, 0) is 33.1 Å². The fourth-order valence-corrected chi connectivity index (χ4v) is 3.07. The Labute approximate surface area is 174 Å². The van der Waals surface area contributed by atoms with Gasteiger partial charge in [-0.05, 0) is 18.1 Å².